The number of para-hydroxylation sites is 1. The second kappa shape index (κ2) is 8.75. The van der Waals surface area contributed by atoms with Crippen LogP contribution >= 0.6 is 0 Å². The van der Waals surface area contributed by atoms with Crippen molar-refractivity contribution in [2.45, 2.75) is 25.7 Å². The molecule has 1 aliphatic heterocycles. The van der Waals surface area contributed by atoms with Gasteiger partial charge >= 0.3 is 11.8 Å². The van der Waals surface area contributed by atoms with Crippen LogP contribution in [0.3, 0.4) is 0 Å². The Hall–Kier alpha value is -2.76. The van der Waals surface area contributed by atoms with E-state index in [9.17, 15) is 18.4 Å². The topological polar surface area (TPSA) is 49.4 Å². The average Bonchev–Trinajstić information content (AvgIpc) is 2.68. The predicted molar refractivity (Wildman–Crippen MR) is 99.1 cm³/mol. The number of hydrogen-bond acceptors (Lipinski definition) is 2. The van der Waals surface area contributed by atoms with Crippen LogP contribution in [0.1, 0.15) is 24.8 Å². The number of rotatable bonds is 4. The van der Waals surface area contributed by atoms with E-state index < -0.39 is 23.4 Å². The highest BCUT2D eigenvalue weighted by Gasteiger charge is 2.28. The fraction of sp³-hybridized carbons (Fsp3) is 0.333. The van der Waals surface area contributed by atoms with Crippen LogP contribution in [0, 0.1) is 17.6 Å². The van der Waals surface area contributed by atoms with Crippen molar-refractivity contribution < 1.29 is 18.4 Å². The van der Waals surface area contributed by atoms with Gasteiger partial charge in [-0.15, -0.1) is 0 Å². The van der Waals surface area contributed by atoms with Gasteiger partial charge in [-0.25, -0.2) is 8.78 Å². The fourth-order valence-corrected chi connectivity index (χ4v) is 3.45. The minimum absolute atomic E-state index is 0.0859. The molecule has 0 spiro atoms. The Morgan fingerprint density at radius 2 is 1.74 bits per heavy atom. The lowest BCUT2D eigenvalue weighted by molar-refractivity contribution is -0.144. The van der Waals surface area contributed by atoms with E-state index in [1.165, 1.54) is 23.1 Å². The zero-order valence-corrected chi connectivity index (χ0v) is 15.0. The van der Waals surface area contributed by atoms with Crippen LogP contribution in [0.4, 0.5) is 14.5 Å². The van der Waals surface area contributed by atoms with Crippen molar-refractivity contribution in [3.05, 3.63) is 65.7 Å². The molecular weight excluding hydrogens is 350 g/mol. The van der Waals surface area contributed by atoms with Crippen LogP contribution in [0.2, 0.25) is 0 Å². The summed E-state index contributed by atoms with van der Waals surface area (Å²) in [6.45, 7) is 0.947. The number of benzene rings is 2. The van der Waals surface area contributed by atoms with Crippen LogP contribution in [-0.4, -0.2) is 29.8 Å². The van der Waals surface area contributed by atoms with E-state index in [1.807, 2.05) is 6.07 Å². The minimum atomic E-state index is -0.665. The van der Waals surface area contributed by atoms with Gasteiger partial charge in [0.05, 0.1) is 0 Å². The molecule has 2 aromatic carbocycles. The third-order valence-electron chi connectivity index (χ3n) is 4.90. The summed E-state index contributed by atoms with van der Waals surface area (Å²) < 4.78 is 27.5. The lowest BCUT2D eigenvalue weighted by Gasteiger charge is -2.32. The van der Waals surface area contributed by atoms with Crippen molar-refractivity contribution in [2.24, 2.45) is 5.92 Å². The maximum Gasteiger partial charge on any atom is 0.313 e. The summed E-state index contributed by atoms with van der Waals surface area (Å²) >= 11 is 0. The van der Waals surface area contributed by atoms with Gasteiger partial charge < -0.3 is 10.2 Å². The van der Waals surface area contributed by atoms with Crippen molar-refractivity contribution in [3.63, 3.8) is 0 Å². The molecule has 6 heteroatoms. The molecule has 0 saturated carbocycles. The van der Waals surface area contributed by atoms with Gasteiger partial charge in [-0.2, -0.15) is 0 Å². The monoisotopic (exact) mass is 372 g/mol. The second-order valence-electron chi connectivity index (χ2n) is 6.82. The highest BCUT2D eigenvalue weighted by atomic mass is 19.1. The lowest BCUT2D eigenvalue weighted by atomic mass is 9.91. The molecule has 1 saturated heterocycles. The Morgan fingerprint density at radius 1 is 1.04 bits per heavy atom. The van der Waals surface area contributed by atoms with Crippen LogP contribution in [0.5, 0.6) is 0 Å². The number of piperidine rings is 1. The molecule has 0 bridgehead atoms. The molecule has 4 nitrogen and oxygen atoms in total. The van der Waals surface area contributed by atoms with Crippen molar-refractivity contribution in [1.82, 2.24) is 4.90 Å². The molecular formula is C21H22F2N2O2. The second-order valence-corrected chi connectivity index (χ2v) is 6.82. The summed E-state index contributed by atoms with van der Waals surface area (Å²) in [5, 5.41) is 2.60. The van der Waals surface area contributed by atoms with Gasteiger partial charge in [-0.05, 0) is 55.9 Å². The number of carbonyl (C=O) groups is 2. The fourth-order valence-electron chi connectivity index (χ4n) is 3.45. The molecule has 1 N–H and O–H groups in total. The molecule has 0 radical (unpaired) electrons. The van der Waals surface area contributed by atoms with Crippen molar-refractivity contribution in [3.8, 4) is 0 Å². The van der Waals surface area contributed by atoms with Crippen molar-refractivity contribution in [2.75, 3.05) is 18.4 Å². The standard InChI is InChI=1S/C21H22F2N2O2/c22-18-9-4-10-19(23)17(18)12-11-15-6-5-13-25(14-15)21(27)20(26)24-16-7-2-1-3-8-16/h1-4,7-10,15H,5-6,11-14H2,(H,24,26)/t15-/m1/s1. The number of nitrogens with zero attached hydrogens (tertiary/aromatic N) is 1. The van der Waals surface area contributed by atoms with Crippen LogP contribution in [0.15, 0.2) is 48.5 Å². The molecule has 1 heterocycles. The van der Waals surface area contributed by atoms with E-state index in [0.29, 0.717) is 25.2 Å². The van der Waals surface area contributed by atoms with E-state index in [0.717, 1.165) is 12.8 Å². The van der Waals surface area contributed by atoms with Gasteiger partial charge in [0.1, 0.15) is 11.6 Å². The maximum absolute atomic E-state index is 13.8. The number of nitrogens with one attached hydrogen (secondary N) is 1. The first-order valence-corrected chi connectivity index (χ1v) is 9.13. The molecule has 0 unspecified atom stereocenters. The van der Waals surface area contributed by atoms with E-state index in [4.69, 9.17) is 0 Å². The zero-order valence-electron chi connectivity index (χ0n) is 15.0. The third-order valence-corrected chi connectivity index (χ3v) is 4.90. The Labute approximate surface area is 157 Å². The molecule has 142 valence electrons. The Kier molecular flexibility index (Phi) is 6.16. The largest absolute Gasteiger partial charge is 0.334 e. The molecule has 1 atom stereocenters. The molecule has 3 rings (SSSR count). The van der Waals surface area contributed by atoms with Gasteiger partial charge in [0.2, 0.25) is 0 Å². The summed E-state index contributed by atoms with van der Waals surface area (Å²) in [7, 11) is 0. The quantitative estimate of drug-likeness (QED) is 0.831. The molecule has 27 heavy (non-hydrogen) atoms. The SMILES string of the molecule is O=C(Nc1ccccc1)C(=O)N1CCC[C@H](CCc2c(F)cccc2F)C1. The van der Waals surface area contributed by atoms with Gasteiger partial charge in [0.25, 0.3) is 0 Å². The lowest BCUT2D eigenvalue weighted by Crippen LogP contribution is -2.45. The van der Waals surface area contributed by atoms with Gasteiger partial charge in [0.15, 0.2) is 0 Å². The summed E-state index contributed by atoms with van der Waals surface area (Å²) in [4.78, 5) is 26.1. The van der Waals surface area contributed by atoms with Crippen molar-refractivity contribution in [1.29, 1.82) is 0 Å². The zero-order chi connectivity index (χ0) is 19.2. The minimum Gasteiger partial charge on any atom is -0.334 e. The van der Waals surface area contributed by atoms with E-state index in [1.54, 1.807) is 24.3 Å². The number of carbonyl (C=O) groups excluding carboxylic acids is 2. The van der Waals surface area contributed by atoms with Gasteiger partial charge in [0, 0.05) is 24.3 Å². The van der Waals surface area contributed by atoms with E-state index in [2.05, 4.69) is 5.32 Å². The third kappa shape index (κ3) is 4.90. The number of anilines is 1. The Morgan fingerprint density at radius 3 is 2.44 bits per heavy atom. The number of halogens is 2. The van der Waals surface area contributed by atoms with Crippen LogP contribution < -0.4 is 5.32 Å². The maximum atomic E-state index is 13.8. The van der Waals surface area contributed by atoms with Crippen molar-refractivity contribution >= 4 is 17.5 Å². The predicted octanol–water partition coefficient (Wildman–Crippen LogP) is 3.77. The highest BCUT2D eigenvalue weighted by molar-refractivity contribution is 6.39. The number of hydrogen-bond donors (Lipinski definition) is 1. The number of likely N-dealkylation sites (tertiary alicyclic amines) is 1. The van der Waals surface area contributed by atoms with E-state index in [-0.39, 0.29) is 17.9 Å². The van der Waals surface area contributed by atoms with Gasteiger partial charge in [-0.1, -0.05) is 24.3 Å². The first-order chi connectivity index (χ1) is 13.0. The normalized spacial score (nSPS) is 16.8. The van der Waals surface area contributed by atoms with Gasteiger partial charge in [-0.3, -0.25) is 9.59 Å². The molecule has 2 aromatic rings. The summed E-state index contributed by atoms with van der Waals surface area (Å²) in [6.07, 6.45) is 2.50. The van der Waals surface area contributed by atoms with E-state index >= 15 is 0 Å². The van der Waals surface area contributed by atoms with Crippen LogP contribution in [-0.2, 0) is 16.0 Å². The van der Waals surface area contributed by atoms with Crippen LogP contribution in [0.25, 0.3) is 0 Å². The summed E-state index contributed by atoms with van der Waals surface area (Å²) in [5.41, 5.74) is 0.655. The Bertz CT molecular complexity index is 791. The molecule has 1 fully saturated rings. The highest BCUT2D eigenvalue weighted by Crippen LogP contribution is 2.24. The number of amides is 2. The average molecular weight is 372 g/mol. The first kappa shape index (κ1) is 19.0. The molecule has 0 aromatic heterocycles. The Balaban J connectivity index is 1.55. The summed E-state index contributed by atoms with van der Waals surface area (Å²) in [5.74, 6) is -2.20. The molecule has 0 aliphatic carbocycles. The first-order valence-electron chi connectivity index (χ1n) is 9.13. The molecule has 2 amide bonds. The smallest absolute Gasteiger partial charge is 0.313 e. The summed E-state index contributed by atoms with van der Waals surface area (Å²) in [6, 6.07) is 12.7. The molecule has 1 aliphatic rings.